The van der Waals surface area contributed by atoms with Crippen LogP contribution in [0, 0.1) is 6.92 Å². The van der Waals surface area contributed by atoms with E-state index in [1.54, 1.807) is 0 Å². The average molecular weight is 301 g/mol. The van der Waals surface area contributed by atoms with E-state index in [0.29, 0.717) is 12.0 Å². The van der Waals surface area contributed by atoms with E-state index in [0.717, 1.165) is 43.4 Å². The van der Waals surface area contributed by atoms with Crippen LogP contribution in [0.4, 0.5) is 17.6 Å². The lowest BCUT2D eigenvalue weighted by atomic mass is 10.3. The molecule has 0 radical (unpaired) electrons. The number of nitrogens with two attached hydrogens (primary N) is 1. The second-order valence-electron chi connectivity index (χ2n) is 6.04. The van der Waals surface area contributed by atoms with Gasteiger partial charge in [-0.3, -0.25) is 4.68 Å². The Morgan fingerprint density at radius 2 is 2.05 bits per heavy atom. The van der Waals surface area contributed by atoms with Crippen LogP contribution >= 0.6 is 0 Å². The molecule has 0 saturated heterocycles. The van der Waals surface area contributed by atoms with Crippen LogP contribution in [-0.2, 0) is 13.1 Å². The second-order valence-corrected chi connectivity index (χ2v) is 6.04. The monoisotopic (exact) mass is 301 g/mol. The Morgan fingerprint density at radius 3 is 2.82 bits per heavy atom. The number of fused-ring (bicyclic) bond motifs is 1. The summed E-state index contributed by atoms with van der Waals surface area (Å²) >= 11 is 0. The first kappa shape index (κ1) is 14.6. The number of aryl methyl sites for hydroxylation is 2. The van der Waals surface area contributed by atoms with E-state index in [1.165, 1.54) is 5.69 Å². The predicted octanol–water partition coefficient (Wildman–Crippen LogP) is 1.79. The minimum atomic E-state index is 0.301. The molecule has 7 heteroatoms. The van der Waals surface area contributed by atoms with E-state index in [1.807, 2.05) is 13.0 Å². The third-order valence-corrected chi connectivity index (χ3v) is 3.63. The van der Waals surface area contributed by atoms with Crippen molar-refractivity contribution in [2.24, 2.45) is 0 Å². The fraction of sp³-hybridized carbons (Fsp3) is 0.533. The zero-order valence-electron chi connectivity index (χ0n) is 13.4. The predicted molar refractivity (Wildman–Crippen MR) is 87.8 cm³/mol. The van der Waals surface area contributed by atoms with Crippen LogP contribution in [0.3, 0.4) is 0 Å². The molecule has 0 amide bonds. The van der Waals surface area contributed by atoms with E-state index >= 15 is 0 Å². The van der Waals surface area contributed by atoms with Crippen molar-refractivity contribution >= 4 is 17.6 Å². The van der Waals surface area contributed by atoms with Crippen molar-refractivity contribution in [2.45, 2.75) is 46.3 Å². The van der Waals surface area contributed by atoms with Crippen LogP contribution in [0.5, 0.6) is 0 Å². The van der Waals surface area contributed by atoms with Gasteiger partial charge in [0.1, 0.15) is 11.6 Å². The maximum Gasteiger partial charge on any atom is 0.223 e. The summed E-state index contributed by atoms with van der Waals surface area (Å²) in [6.07, 6.45) is 1.03. The smallest absolute Gasteiger partial charge is 0.223 e. The van der Waals surface area contributed by atoms with Crippen molar-refractivity contribution in [3.05, 3.63) is 23.5 Å². The van der Waals surface area contributed by atoms with Crippen LogP contribution in [0.25, 0.3) is 0 Å². The first-order valence-corrected chi connectivity index (χ1v) is 7.70. The molecule has 7 nitrogen and oxygen atoms in total. The van der Waals surface area contributed by atoms with Crippen LogP contribution < -0.4 is 16.0 Å². The van der Waals surface area contributed by atoms with Gasteiger partial charge >= 0.3 is 0 Å². The molecule has 1 aliphatic heterocycles. The molecule has 0 fully saturated rings. The third-order valence-electron chi connectivity index (χ3n) is 3.63. The van der Waals surface area contributed by atoms with Crippen LogP contribution in [0.2, 0.25) is 0 Å². The summed E-state index contributed by atoms with van der Waals surface area (Å²) in [6, 6.07) is 4.40. The Hall–Kier alpha value is -2.31. The van der Waals surface area contributed by atoms with Gasteiger partial charge in [0.15, 0.2) is 0 Å². The average Bonchev–Trinajstić information content (AvgIpc) is 2.64. The van der Waals surface area contributed by atoms with E-state index in [9.17, 15) is 0 Å². The fourth-order valence-corrected chi connectivity index (χ4v) is 2.79. The van der Waals surface area contributed by atoms with Gasteiger partial charge in [-0.25, -0.2) is 0 Å². The zero-order valence-corrected chi connectivity index (χ0v) is 13.4. The van der Waals surface area contributed by atoms with Crippen molar-refractivity contribution in [3.8, 4) is 0 Å². The van der Waals surface area contributed by atoms with Crippen molar-refractivity contribution < 1.29 is 0 Å². The first-order valence-electron chi connectivity index (χ1n) is 7.70. The molecule has 118 valence electrons. The van der Waals surface area contributed by atoms with Gasteiger partial charge in [0.05, 0.1) is 17.9 Å². The van der Waals surface area contributed by atoms with Gasteiger partial charge in [0.2, 0.25) is 5.95 Å². The summed E-state index contributed by atoms with van der Waals surface area (Å²) in [5, 5.41) is 7.82. The molecule has 2 aromatic rings. The number of nitrogens with one attached hydrogen (secondary N) is 1. The van der Waals surface area contributed by atoms with E-state index in [4.69, 9.17) is 5.73 Å². The summed E-state index contributed by atoms with van der Waals surface area (Å²) in [5.74, 6) is 1.93. The standard InChI is InChI=1S/C15H23N7/c1-10(2)17-13-8-14(19-15(16)18-13)21-5-4-6-22-12(9-21)7-11(3)20-22/h7-8,10H,4-6,9H2,1-3H3,(H3,16,17,18,19). The molecule has 0 atom stereocenters. The Morgan fingerprint density at radius 1 is 1.23 bits per heavy atom. The molecule has 0 spiro atoms. The lowest BCUT2D eigenvalue weighted by Crippen LogP contribution is -2.24. The summed E-state index contributed by atoms with van der Waals surface area (Å²) in [7, 11) is 0. The van der Waals surface area contributed by atoms with Crippen LogP contribution in [0.15, 0.2) is 12.1 Å². The van der Waals surface area contributed by atoms with Gasteiger partial charge in [-0.2, -0.15) is 15.1 Å². The Balaban J connectivity index is 1.88. The molecule has 1 aliphatic rings. The van der Waals surface area contributed by atoms with Crippen molar-refractivity contribution in [1.29, 1.82) is 0 Å². The zero-order chi connectivity index (χ0) is 15.7. The van der Waals surface area contributed by atoms with Crippen molar-refractivity contribution in [3.63, 3.8) is 0 Å². The quantitative estimate of drug-likeness (QED) is 0.899. The molecular weight excluding hydrogens is 278 g/mol. The molecule has 0 aromatic carbocycles. The molecule has 0 saturated carbocycles. The maximum absolute atomic E-state index is 5.87. The lowest BCUT2D eigenvalue weighted by molar-refractivity contribution is 0.587. The van der Waals surface area contributed by atoms with Gasteiger partial charge in [0, 0.05) is 25.2 Å². The maximum atomic E-state index is 5.87. The minimum absolute atomic E-state index is 0.301. The highest BCUT2D eigenvalue weighted by molar-refractivity contribution is 5.53. The SMILES string of the molecule is Cc1cc2n(n1)CCCN(c1cc(NC(C)C)nc(N)n1)C2. The molecule has 0 aliphatic carbocycles. The van der Waals surface area contributed by atoms with E-state index in [2.05, 4.69) is 49.9 Å². The van der Waals surface area contributed by atoms with Crippen LogP contribution in [0.1, 0.15) is 31.7 Å². The van der Waals surface area contributed by atoms with Crippen molar-refractivity contribution in [1.82, 2.24) is 19.7 Å². The number of rotatable bonds is 3. The van der Waals surface area contributed by atoms with Gasteiger partial charge in [-0.05, 0) is 33.3 Å². The van der Waals surface area contributed by atoms with Gasteiger partial charge in [-0.15, -0.1) is 0 Å². The van der Waals surface area contributed by atoms with E-state index in [-0.39, 0.29) is 0 Å². The molecular formula is C15H23N7. The van der Waals surface area contributed by atoms with Crippen LogP contribution in [-0.4, -0.2) is 32.3 Å². The van der Waals surface area contributed by atoms with Gasteiger partial charge in [0.25, 0.3) is 0 Å². The molecule has 3 heterocycles. The summed E-state index contributed by atoms with van der Waals surface area (Å²) in [5.41, 5.74) is 8.14. The second kappa shape index (κ2) is 5.82. The first-order chi connectivity index (χ1) is 10.5. The highest BCUT2D eigenvalue weighted by Gasteiger charge is 2.18. The highest BCUT2D eigenvalue weighted by atomic mass is 15.3. The number of nitrogen functional groups attached to an aromatic ring is 1. The Kier molecular flexibility index (Phi) is 3.87. The number of nitrogens with zero attached hydrogens (tertiary/aromatic N) is 5. The summed E-state index contributed by atoms with van der Waals surface area (Å²) < 4.78 is 2.09. The van der Waals surface area contributed by atoms with Gasteiger partial charge < -0.3 is 16.0 Å². The fourth-order valence-electron chi connectivity index (χ4n) is 2.79. The number of anilines is 3. The molecule has 0 bridgehead atoms. The molecule has 0 unspecified atom stereocenters. The Bertz CT molecular complexity index is 662. The summed E-state index contributed by atoms with van der Waals surface area (Å²) in [4.78, 5) is 10.9. The molecule has 2 aromatic heterocycles. The van der Waals surface area contributed by atoms with Crippen molar-refractivity contribution in [2.75, 3.05) is 22.5 Å². The van der Waals surface area contributed by atoms with Gasteiger partial charge in [-0.1, -0.05) is 0 Å². The van der Waals surface area contributed by atoms with E-state index < -0.39 is 0 Å². The largest absolute Gasteiger partial charge is 0.368 e. The topological polar surface area (TPSA) is 84.9 Å². The number of hydrogen-bond donors (Lipinski definition) is 2. The lowest BCUT2D eigenvalue weighted by Gasteiger charge is -2.22. The summed E-state index contributed by atoms with van der Waals surface area (Å²) in [6.45, 7) is 8.84. The number of aromatic nitrogens is 4. The normalized spacial score (nSPS) is 14.8. The molecule has 22 heavy (non-hydrogen) atoms. The third kappa shape index (κ3) is 3.13. The molecule has 3 N–H and O–H groups in total. The minimum Gasteiger partial charge on any atom is -0.368 e. The Labute approximate surface area is 130 Å². The molecule has 3 rings (SSSR count). The highest BCUT2D eigenvalue weighted by Crippen LogP contribution is 2.22. The number of hydrogen-bond acceptors (Lipinski definition) is 6.